The van der Waals surface area contributed by atoms with Crippen molar-refractivity contribution >= 4 is 0 Å². The Kier molecular flexibility index (Phi) is 1.47. The Morgan fingerprint density at radius 3 is 2.62 bits per heavy atom. The molecule has 0 aromatic heterocycles. The van der Waals surface area contributed by atoms with Crippen molar-refractivity contribution in [1.82, 2.24) is 0 Å². The predicted octanol–water partition coefficient (Wildman–Crippen LogP) is -0.516. The number of ether oxygens (including phenoxy) is 1. The van der Waals surface area contributed by atoms with Crippen LogP contribution < -0.4 is 5.73 Å². The zero-order valence-electron chi connectivity index (χ0n) is 4.50. The van der Waals surface area contributed by atoms with E-state index in [1.807, 2.05) is 0 Å². The van der Waals surface area contributed by atoms with Crippen molar-refractivity contribution in [2.24, 2.45) is 11.7 Å². The first-order chi connectivity index (χ1) is 3.84. The SMILES string of the molecule is N#C[C@@H]1COC[C@H]1N. The lowest BCUT2D eigenvalue weighted by Crippen LogP contribution is -2.27. The van der Waals surface area contributed by atoms with E-state index in [4.69, 9.17) is 15.7 Å². The molecule has 0 saturated carbocycles. The second kappa shape index (κ2) is 2.12. The van der Waals surface area contributed by atoms with Crippen LogP contribution in [0.15, 0.2) is 0 Å². The van der Waals surface area contributed by atoms with Crippen LogP contribution in [-0.4, -0.2) is 19.3 Å². The zero-order valence-corrected chi connectivity index (χ0v) is 4.50. The van der Waals surface area contributed by atoms with Gasteiger partial charge in [0.05, 0.1) is 25.2 Å². The Labute approximate surface area is 48.0 Å². The Balaban J connectivity index is 2.45. The van der Waals surface area contributed by atoms with Crippen LogP contribution in [0.5, 0.6) is 0 Å². The van der Waals surface area contributed by atoms with Crippen LogP contribution in [0.4, 0.5) is 0 Å². The van der Waals surface area contributed by atoms with Crippen molar-refractivity contribution < 1.29 is 4.74 Å². The summed E-state index contributed by atoms with van der Waals surface area (Å²) in [7, 11) is 0. The van der Waals surface area contributed by atoms with E-state index in [9.17, 15) is 0 Å². The summed E-state index contributed by atoms with van der Waals surface area (Å²) in [4.78, 5) is 0. The number of nitriles is 1. The smallest absolute Gasteiger partial charge is 0.0870 e. The molecule has 3 heteroatoms. The van der Waals surface area contributed by atoms with Gasteiger partial charge in [0, 0.05) is 6.04 Å². The van der Waals surface area contributed by atoms with Crippen LogP contribution in [0.25, 0.3) is 0 Å². The van der Waals surface area contributed by atoms with Crippen LogP contribution in [0.1, 0.15) is 0 Å². The summed E-state index contributed by atoms with van der Waals surface area (Å²) in [5.74, 6) is -0.0741. The van der Waals surface area contributed by atoms with Gasteiger partial charge in [-0.1, -0.05) is 0 Å². The van der Waals surface area contributed by atoms with Gasteiger partial charge in [-0.15, -0.1) is 0 Å². The van der Waals surface area contributed by atoms with E-state index in [1.54, 1.807) is 0 Å². The quantitative estimate of drug-likeness (QED) is 0.459. The number of nitrogens with zero attached hydrogens (tertiary/aromatic N) is 1. The van der Waals surface area contributed by atoms with Gasteiger partial charge in [-0.25, -0.2) is 0 Å². The fourth-order valence-corrected chi connectivity index (χ4v) is 0.704. The highest BCUT2D eigenvalue weighted by molar-refractivity contribution is 4.93. The fourth-order valence-electron chi connectivity index (χ4n) is 0.704. The van der Waals surface area contributed by atoms with Gasteiger partial charge in [0.15, 0.2) is 0 Å². The van der Waals surface area contributed by atoms with E-state index in [1.165, 1.54) is 0 Å². The van der Waals surface area contributed by atoms with E-state index in [0.717, 1.165) is 0 Å². The van der Waals surface area contributed by atoms with Crippen LogP contribution in [0, 0.1) is 17.2 Å². The molecule has 1 fully saturated rings. The monoisotopic (exact) mass is 112 g/mol. The second-order valence-electron chi connectivity index (χ2n) is 1.94. The highest BCUT2D eigenvalue weighted by Crippen LogP contribution is 2.08. The molecule has 1 heterocycles. The summed E-state index contributed by atoms with van der Waals surface area (Å²) < 4.78 is 4.91. The Morgan fingerprint density at radius 2 is 2.38 bits per heavy atom. The number of hydrogen-bond acceptors (Lipinski definition) is 3. The lowest BCUT2D eigenvalue weighted by Gasteiger charge is -1.99. The Hall–Kier alpha value is -0.590. The van der Waals surface area contributed by atoms with Crippen LogP contribution in [0.3, 0.4) is 0 Å². The van der Waals surface area contributed by atoms with Crippen LogP contribution in [-0.2, 0) is 4.74 Å². The maximum atomic E-state index is 8.33. The van der Waals surface area contributed by atoms with Gasteiger partial charge in [-0.05, 0) is 0 Å². The Morgan fingerprint density at radius 1 is 1.62 bits per heavy atom. The van der Waals surface area contributed by atoms with Gasteiger partial charge in [0.2, 0.25) is 0 Å². The van der Waals surface area contributed by atoms with Crippen LogP contribution in [0.2, 0.25) is 0 Å². The first-order valence-electron chi connectivity index (χ1n) is 2.57. The topological polar surface area (TPSA) is 59.0 Å². The molecule has 0 unspecified atom stereocenters. The first kappa shape index (κ1) is 5.54. The van der Waals surface area contributed by atoms with E-state index < -0.39 is 0 Å². The van der Waals surface area contributed by atoms with Gasteiger partial charge in [0.1, 0.15) is 0 Å². The average Bonchev–Trinajstić information content (AvgIpc) is 2.14. The number of nitrogens with two attached hydrogens (primary N) is 1. The maximum Gasteiger partial charge on any atom is 0.0870 e. The summed E-state index contributed by atoms with van der Waals surface area (Å²) in [6.07, 6.45) is 0. The average molecular weight is 112 g/mol. The van der Waals surface area contributed by atoms with Gasteiger partial charge in [0.25, 0.3) is 0 Å². The molecule has 0 aliphatic carbocycles. The first-order valence-corrected chi connectivity index (χ1v) is 2.57. The number of rotatable bonds is 0. The largest absolute Gasteiger partial charge is 0.378 e. The minimum absolute atomic E-state index is 0.0556. The summed E-state index contributed by atoms with van der Waals surface area (Å²) in [5.41, 5.74) is 5.44. The van der Waals surface area contributed by atoms with E-state index in [-0.39, 0.29) is 12.0 Å². The van der Waals surface area contributed by atoms with Crippen molar-refractivity contribution in [1.29, 1.82) is 5.26 Å². The standard InChI is InChI=1S/C5H8N2O/c6-1-4-2-8-3-5(4)7/h4-5H,2-3,7H2/t4-,5-/m1/s1. The van der Waals surface area contributed by atoms with Crippen molar-refractivity contribution in [2.45, 2.75) is 6.04 Å². The summed E-state index contributed by atoms with van der Waals surface area (Å²) in [6.45, 7) is 1.05. The molecule has 1 rings (SSSR count). The highest BCUT2D eigenvalue weighted by Gasteiger charge is 2.23. The third-order valence-corrected chi connectivity index (χ3v) is 1.29. The predicted molar refractivity (Wildman–Crippen MR) is 27.9 cm³/mol. The van der Waals surface area contributed by atoms with Gasteiger partial charge >= 0.3 is 0 Å². The van der Waals surface area contributed by atoms with E-state index in [2.05, 4.69) is 6.07 Å². The minimum Gasteiger partial charge on any atom is -0.378 e. The molecule has 1 saturated heterocycles. The Bertz CT molecular complexity index is 118. The molecule has 0 aromatic rings. The molecular formula is C5H8N2O. The van der Waals surface area contributed by atoms with Gasteiger partial charge in [-0.2, -0.15) is 5.26 Å². The molecule has 2 atom stereocenters. The third kappa shape index (κ3) is 0.808. The highest BCUT2D eigenvalue weighted by atomic mass is 16.5. The second-order valence-corrected chi connectivity index (χ2v) is 1.94. The van der Waals surface area contributed by atoms with Gasteiger partial charge in [-0.3, -0.25) is 0 Å². The van der Waals surface area contributed by atoms with Crippen molar-refractivity contribution in [3.8, 4) is 6.07 Å². The molecular weight excluding hydrogens is 104 g/mol. The molecule has 0 radical (unpaired) electrons. The lowest BCUT2D eigenvalue weighted by molar-refractivity contribution is 0.189. The van der Waals surface area contributed by atoms with Crippen LogP contribution >= 0.6 is 0 Å². The molecule has 44 valence electrons. The fraction of sp³-hybridized carbons (Fsp3) is 0.800. The summed E-state index contributed by atoms with van der Waals surface area (Å²) in [6, 6.07) is 2.01. The molecule has 3 nitrogen and oxygen atoms in total. The normalized spacial score (nSPS) is 37.0. The lowest BCUT2D eigenvalue weighted by atomic mass is 10.1. The molecule has 1 aliphatic heterocycles. The van der Waals surface area contributed by atoms with Crippen molar-refractivity contribution in [2.75, 3.05) is 13.2 Å². The molecule has 8 heavy (non-hydrogen) atoms. The molecule has 0 spiro atoms. The van der Waals surface area contributed by atoms with E-state index >= 15 is 0 Å². The van der Waals surface area contributed by atoms with Crippen molar-refractivity contribution in [3.05, 3.63) is 0 Å². The maximum absolute atomic E-state index is 8.33. The number of hydrogen-bond donors (Lipinski definition) is 1. The summed E-state index contributed by atoms with van der Waals surface area (Å²) >= 11 is 0. The molecule has 2 N–H and O–H groups in total. The third-order valence-electron chi connectivity index (χ3n) is 1.29. The molecule has 1 aliphatic rings. The zero-order chi connectivity index (χ0) is 5.98. The van der Waals surface area contributed by atoms with Crippen molar-refractivity contribution in [3.63, 3.8) is 0 Å². The minimum atomic E-state index is -0.0741. The van der Waals surface area contributed by atoms with Gasteiger partial charge < -0.3 is 10.5 Å². The molecule has 0 aromatic carbocycles. The summed E-state index contributed by atoms with van der Waals surface area (Å²) in [5, 5.41) is 8.33. The molecule has 0 bridgehead atoms. The molecule has 0 amide bonds. The van der Waals surface area contributed by atoms with E-state index in [0.29, 0.717) is 13.2 Å².